The third-order valence-corrected chi connectivity index (χ3v) is 8.24. The molecule has 1 aliphatic heterocycles. The summed E-state index contributed by atoms with van der Waals surface area (Å²) in [4.78, 5) is -3.02. The van der Waals surface area contributed by atoms with Crippen molar-refractivity contribution in [1.29, 1.82) is 0 Å². The third-order valence-electron chi connectivity index (χ3n) is 3.46. The number of allylic oxidation sites excluding steroid dienone is 2. The van der Waals surface area contributed by atoms with Gasteiger partial charge in [0.25, 0.3) is 0 Å². The van der Waals surface area contributed by atoms with E-state index in [-0.39, 0.29) is 23.3 Å². The largest absolute Gasteiger partial charge is 0.305 e. The van der Waals surface area contributed by atoms with Gasteiger partial charge in [-0.15, -0.1) is 23.2 Å². The van der Waals surface area contributed by atoms with Gasteiger partial charge in [-0.3, -0.25) is 8.37 Å². The Morgan fingerprint density at radius 2 is 1.26 bits per heavy atom. The molecular weight excluding hydrogens is 401 g/mol. The van der Waals surface area contributed by atoms with Gasteiger partial charge in [-0.25, -0.2) is 0 Å². The molecule has 0 aromatic carbocycles. The van der Waals surface area contributed by atoms with Gasteiger partial charge in [-0.1, -0.05) is 46.4 Å². The first-order valence-corrected chi connectivity index (χ1v) is 8.19. The van der Waals surface area contributed by atoms with Crippen molar-refractivity contribution >= 4 is 81.0 Å². The Morgan fingerprint density at radius 3 is 1.63 bits per heavy atom. The second-order valence-electron chi connectivity index (χ2n) is 4.20. The Bertz CT molecular complexity index is 528. The minimum atomic E-state index is -1.90. The molecule has 0 fully saturated rings. The number of halogens is 6. The van der Waals surface area contributed by atoms with Crippen LogP contribution < -0.4 is 0 Å². The summed E-state index contributed by atoms with van der Waals surface area (Å²) in [6.45, 7) is -0.219. The van der Waals surface area contributed by atoms with Crippen molar-refractivity contribution in [3.8, 4) is 0 Å². The summed E-state index contributed by atoms with van der Waals surface area (Å²) in [6.07, 6.45) is 0. The molecule has 2 atom stereocenters. The molecule has 2 bridgehead atoms. The summed E-state index contributed by atoms with van der Waals surface area (Å²) in [5, 5.41) is 0.0942. The van der Waals surface area contributed by atoms with E-state index < -0.39 is 25.4 Å². The maximum Gasteiger partial charge on any atom is 0.305 e. The van der Waals surface area contributed by atoms with Gasteiger partial charge in [0.2, 0.25) is 0 Å². The molecule has 1 heterocycles. The second kappa shape index (κ2) is 4.40. The highest BCUT2D eigenvalue weighted by molar-refractivity contribution is 7.75. The van der Waals surface area contributed by atoms with E-state index in [9.17, 15) is 4.21 Å². The molecule has 0 aromatic rings. The van der Waals surface area contributed by atoms with Gasteiger partial charge in [0.15, 0.2) is 4.33 Å². The van der Waals surface area contributed by atoms with Crippen LogP contribution in [0.2, 0.25) is 0 Å². The first-order chi connectivity index (χ1) is 8.69. The summed E-state index contributed by atoms with van der Waals surface area (Å²) in [7, 11) is 0. The fourth-order valence-corrected chi connectivity index (χ4v) is 5.77. The molecule has 0 aromatic heterocycles. The molecule has 0 N–H and O–H groups in total. The minimum absolute atomic E-state index is 0.0471. The van der Waals surface area contributed by atoms with Crippen molar-refractivity contribution < 1.29 is 12.6 Å². The molecule has 2 unspecified atom stereocenters. The van der Waals surface area contributed by atoms with Crippen LogP contribution in [-0.2, 0) is 19.7 Å². The van der Waals surface area contributed by atoms with Crippen LogP contribution in [0.3, 0.4) is 0 Å². The van der Waals surface area contributed by atoms with Gasteiger partial charge in [-0.05, 0) is 11.1 Å². The van der Waals surface area contributed by atoms with Crippen LogP contribution in [0.4, 0.5) is 0 Å². The zero-order chi connectivity index (χ0) is 14.2. The van der Waals surface area contributed by atoms with Crippen LogP contribution in [0.1, 0.15) is 0 Å². The maximum atomic E-state index is 11.3. The Kier molecular flexibility index (Phi) is 3.52. The van der Waals surface area contributed by atoms with Gasteiger partial charge < -0.3 is 0 Å². The van der Waals surface area contributed by atoms with Crippen LogP contribution in [0.15, 0.2) is 21.2 Å². The molecular formula is C9H4Cl6O3S. The summed E-state index contributed by atoms with van der Waals surface area (Å²) >= 11 is 36.0. The molecule has 0 spiro atoms. The van der Waals surface area contributed by atoms with E-state index in [0.29, 0.717) is 11.1 Å². The topological polar surface area (TPSA) is 35.5 Å². The lowest BCUT2D eigenvalue weighted by atomic mass is 9.97. The summed E-state index contributed by atoms with van der Waals surface area (Å²) < 4.78 is 19.5. The van der Waals surface area contributed by atoms with Gasteiger partial charge in [-0.2, -0.15) is 4.21 Å². The van der Waals surface area contributed by atoms with Crippen molar-refractivity contribution in [3.05, 3.63) is 21.2 Å². The Hall–Kier alpha value is 1.29. The lowest BCUT2D eigenvalue weighted by Gasteiger charge is -2.33. The highest BCUT2D eigenvalue weighted by Crippen LogP contribution is 2.74. The van der Waals surface area contributed by atoms with Crippen LogP contribution in [-0.4, -0.2) is 31.5 Å². The van der Waals surface area contributed by atoms with E-state index in [1.165, 1.54) is 0 Å². The van der Waals surface area contributed by atoms with Crippen molar-refractivity contribution in [3.63, 3.8) is 0 Å². The summed E-state index contributed by atoms with van der Waals surface area (Å²) in [6, 6.07) is 0. The standard InChI is InChI=1S/C9H4Cl6O3S/c10-5-6(11)8(13)4-2-18-19(16)17-1-3(4)7(5,12)9(8,14)15/h1-2H2. The molecule has 10 heteroatoms. The minimum Gasteiger partial charge on any atom is -0.264 e. The van der Waals surface area contributed by atoms with Crippen LogP contribution in [0.25, 0.3) is 0 Å². The molecule has 0 amide bonds. The monoisotopic (exact) mass is 402 g/mol. The maximum absolute atomic E-state index is 11.3. The molecule has 3 rings (SSSR count). The lowest BCUT2D eigenvalue weighted by molar-refractivity contribution is 0.287. The van der Waals surface area contributed by atoms with E-state index in [2.05, 4.69) is 0 Å². The fraction of sp³-hybridized carbons (Fsp3) is 0.556. The summed E-state index contributed by atoms with van der Waals surface area (Å²) in [5.74, 6) is 0. The Labute approximate surface area is 141 Å². The lowest BCUT2D eigenvalue weighted by Crippen LogP contribution is -2.46. The smallest absolute Gasteiger partial charge is 0.264 e. The van der Waals surface area contributed by atoms with Crippen molar-refractivity contribution in [2.75, 3.05) is 13.2 Å². The Morgan fingerprint density at radius 1 is 0.895 bits per heavy atom. The Balaban J connectivity index is 2.24. The van der Waals surface area contributed by atoms with Crippen LogP contribution in [0, 0.1) is 0 Å². The quantitative estimate of drug-likeness (QED) is 0.455. The van der Waals surface area contributed by atoms with E-state index in [1.807, 2.05) is 0 Å². The molecule has 19 heavy (non-hydrogen) atoms. The fourth-order valence-electron chi connectivity index (χ4n) is 2.50. The van der Waals surface area contributed by atoms with E-state index >= 15 is 0 Å². The predicted octanol–water partition coefficient (Wildman–Crippen LogP) is 3.75. The number of hydrogen-bond acceptors (Lipinski definition) is 3. The van der Waals surface area contributed by atoms with E-state index in [1.54, 1.807) is 0 Å². The normalized spacial score (nSPS) is 44.6. The highest BCUT2D eigenvalue weighted by Gasteiger charge is 2.78. The molecule has 0 radical (unpaired) electrons. The average Bonchev–Trinajstić information content (AvgIpc) is 2.54. The van der Waals surface area contributed by atoms with Gasteiger partial charge in [0, 0.05) is 0 Å². The van der Waals surface area contributed by atoms with Crippen LogP contribution >= 0.6 is 69.6 Å². The molecule has 3 aliphatic rings. The zero-order valence-corrected chi connectivity index (χ0v) is 14.2. The average molecular weight is 405 g/mol. The predicted molar refractivity (Wildman–Crippen MR) is 77.4 cm³/mol. The van der Waals surface area contributed by atoms with Crippen molar-refractivity contribution in [2.45, 2.75) is 14.1 Å². The first kappa shape index (κ1) is 15.2. The molecule has 106 valence electrons. The number of alkyl halides is 4. The molecule has 0 saturated carbocycles. The zero-order valence-electron chi connectivity index (χ0n) is 8.81. The second-order valence-corrected chi connectivity index (χ2v) is 8.30. The third kappa shape index (κ3) is 1.54. The first-order valence-electron chi connectivity index (χ1n) is 4.92. The highest BCUT2D eigenvalue weighted by atomic mass is 35.5. The van der Waals surface area contributed by atoms with Gasteiger partial charge >= 0.3 is 11.4 Å². The van der Waals surface area contributed by atoms with Gasteiger partial charge in [0.1, 0.15) is 9.75 Å². The van der Waals surface area contributed by atoms with Gasteiger partial charge in [0.05, 0.1) is 23.3 Å². The molecule has 2 aliphatic carbocycles. The summed E-state index contributed by atoms with van der Waals surface area (Å²) in [5.41, 5.74) is 0.879. The van der Waals surface area contributed by atoms with E-state index in [0.717, 1.165) is 0 Å². The van der Waals surface area contributed by atoms with Crippen molar-refractivity contribution in [2.24, 2.45) is 0 Å². The van der Waals surface area contributed by atoms with Crippen LogP contribution in [0.5, 0.6) is 0 Å². The SMILES string of the molecule is O=S1OCC2=C(CO1)C1(Cl)C(Cl)=C(Cl)C2(Cl)C1(Cl)Cl. The number of fused-ring (bicyclic) bond motifs is 4. The molecule has 3 nitrogen and oxygen atoms in total. The van der Waals surface area contributed by atoms with E-state index in [4.69, 9.17) is 78.0 Å². The number of hydrogen-bond donors (Lipinski definition) is 0. The van der Waals surface area contributed by atoms with Crippen molar-refractivity contribution in [1.82, 2.24) is 0 Å². The molecule has 0 saturated heterocycles. The number of rotatable bonds is 0.